The Labute approximate surface area is 111 Å². The Kier molecular flexibility index (Phi) is 3.87. The van der Waals surface area contributed by atoms with E-state index in [0.717, 1.165) is 11.5 Å². The van der Waals surface area contributed by atoms with Gasteiger partial charge < -0.3 is 4.74 Å². The molecule has 0 radical (unpaired) electrons. The van der Waals surface area contributed by atoms with E-state index in [1.165, 1.54) is 5.01 Å². The summed E-state index contributed by atoms with van der Waals surface area (Å²) < 4.78 is 5.69. The van der Waals surface area contributed by atoms with Crippen LogP contribution in [0.25, 0.3) is 0 Å². The van der Waals surface area contributed by atoms with Gasteiger partial charge in [0.2, 0.25) is 5.91 Å². The second-order valence-electron chi connectivity index (χ2n) is 4.37. The Morgan fingerprint density at radius 2 is 2.11 bits per heavy atom. The molecule has 1 heterocycles. The van der Waals surface area contributed by atoms with Crippen LogP contribution in [0.4, 0.5) is 0 Å². The first-order chi connectivity index (χ1) is 8.54. The number of halogens is 1. The fourth-order valence-corrected chi connectivity index (χ4v) is 1.90. The lowest BCUT2D eigenvalue weighted by molar-refractivity contribution is -0.129. The molecule has 2 rings (SSSR count). The topological polar surface area (TPSA) is 41.9 Å². The molecule has 0 saturated carbocycles. The van der Waals surface area contributed by atoms with Gasteiger partial charge in [0.1, 0.15) is 11.9 Å². The highest BCUT2D eigenvalue weighted by molar-refractivity contribution is 6.30. The molecule has 1 aromatic rings. The van der Waals surface area contributed by atoms with E-state index in [4.69, 9.17) is 16.3 Å². The smallest absolute Gasteiger partial charge is 0.248 e. The number of hydrogen-bond donors (Lipinski definition) is 0. The number of hydrogen-bond acceptors (Lipinski definition) is 3. The summed E-state index contributed by atoms with van der Waals surface area (Å²) in [6, 6.07) is 7.15. The Bertz CT molecular complexity index is 470. The summed E-state index contributed by atoms with van der Waals surface area (Å²) >= 11 is 5.79. The van der Waals surface area contributed by atoms with Crippen LogP contribution in [-0.2, 0) is 4.79 Å². The Morgan fingerprint density at radius 3 is 2.67 bits per heavy atom. The van der Waals surface area contributed by atoms with Crippen molar-refractivity contribution in [3.63, 3.8) is 0 Å². The van der Waals surface area contributed by atoms with E-state index in [9.17, 15) is 4.79 Å². The van der Waals surface area contributed by atoms with Crippen LogP contribution < -0.4 is 4.74 Å². The second kappa shape index (κ2) is 5.40. The number of hydrazone groups is 1. The quantitative estimate of drug-likeness (QED) is 0.841. The summed E-state index contributed by atoms with van der Waals surface area (Å²) in [5.74, 6) is 0.762. The average Bonchev–Trinajstić information content (AvgIpc) is 2.61. The van der Waals surface area contributed by atoms with Crippen LogP contribution in [0.15, 0.2) is 29.4 Å². The van der Waals surface area contributed by atoms with E-state index >= 15 is 0 Å². The number of nitrogens with zero attached hydrogens (tertiary/aromatic N) is 2. The standard InChI is InChI=1S/C13H15ClN2O2/c1-9-7-13(17)16(15-9)8-10(2)18-12-5-3-11(14)4-6-12/h3-6,10H,7-8H2,1-2H3. The van der Waals surface area contributed by atoms with Crippen molar-refractivity contribution in [2.45, 2.75) is 26.4 Å². The van der Waals surface area contributed by atoms with Gasteiger partial charge in [-0.25, -0.2) is 5.01 Å². The van der Waals surface area contributed by atoms with E-state index in [1.54, 1.807) is 24.3 Å². The Hall–Kier alpha value is -1.55. The van der Waals surface area contributed by atoms with Crippen molar-refractivity contribution < 1.29 is 9.53 Å². The highest BCUT2D eigenvalue weighted by Gasteiger charge is 2.23. The zero-order valence-electron chi connectivity index (χ0n) is 10.4. The summed E-state index contributed by atoms with van der Waals surface area (Å²) in [5.41, 5.74) is 0.846. The van der Waals surface area contributed by atoms with Crippen LogP contribution in [0, 0.1) is 0 Å². The van der Waals surface area contributed by atoms with E-state index < -0.39 is 0 Å². The number of rotatable bonds is 4. The van der Waals surface area contributed by atoms with Gasteiger partial charge in [0.15, 0.2) is 0 Å². The highest BCUT2D eigenvalue weighted by Crippen LogP contribution is 2.17. The van der Waals surface area contributed by atoms with Crippen LogP contribution in [0.3, 0.4) is 0 Å². The molecule has 1 unspecified atom stereocenters. The van der Waals surface area contributed by atoms with Crippen molar-refractivity contribution in [3.05, 3.63) is 29.3 Å². The normalized spacial score (nSPS) is 16.7. The van der Waals surface area contributed by atoms with Crippen molar-refractivity contribution in [1.82, 2.24) is 5.01 Å². The fourth-order valence-electron chi connectivity index (χ4n) is 1.78. The maximum Gasteiger partial charge on any atom is 0.248 e. The molecule has 18 heavy (non-hydrogen) atoms. The third-order valence-electron chi connectivity index (χ3n) is 2.57. The molecule has 0 fully saturated rings. The molecule has 5 heteroatoms. The molecule has 1 aliphatic rings. The van der Waals surface area contributed by atoms with Gasteiger partial charge in [-0.2, -0.15) is 5.10 Å². The molecule has 0 bridgehead atoms. The maximum absolute atomic E-state index is 11.6. The summed E-state index contributed by atoms with van der Waals surface area (Å²) in [6.45, 7) is 4.21. The molecule has 0 aromatic heterocycles. The lowest BCUT2D eigenvalue weighted by Crippen LogP contribution is -2.32. The summed E-state index contributed by atoms with van der Waals surface area (Å²) in [6.07, 6.45) is 0.290. The van der Waals surface area contributed by atoms with Crippen molar-refractivity contribution in [2.75, 3.05) is 6.54 Å². The molecule has 1 atom stereocenters. The molecule has 1 aliphatic heterocycles. The molecular formula is C13H15ClN2O2. The first-order valence-electron chi connectivity index (χ1n) is 5.81. The first kappa shape index (κ1) is 12.9. The van der Waals surface area contributed by atoms with E-state index in [0.29, 0.717) is 18.0 Å². The molecule has 4 nitrogen and oxygen atoms in total. The first-order valence-corrected chi connectivity index (χ1v) is 6.19. The SMILES string of the molecule is CC1=NN(CC(C)Oc2ccc(Cl)cc2)C(=O)C1. The van der Waals surface area contributed by atoms with Crippen LogP contribution in [-0.4, -0.2) is 29.3 Å². The molecule has 0 N–H and O–H groups in total. The van der Waals surface area contributed by atoms with Gasteiger partial charge in [-0.05, 0) is 38.1 Å². The molecule has 1 amide bonds. The Balaban J connectivity index is 1.91. The summed E-state index contributed by atoms with van der Waals surface area (Å²) in [4.78, 5) is 11.6. The zero-order chi connectivity index (χ0) is 13.1. The monoisotopic (exact) mass is 266 g/mol. The number of benzene rings is 1. The summed E-state index contributed by atoms with van der Waals surface area (Å²) in [5, 5.41) is 6.30. The third-order valence-corrected chi connectivity index (χ3v) is 2.82. The minimum Gasteiger partial charge on any atom is -0.489 e. The van der Waals surface area contributed by atoms with Gasteiger partial charge >= 0.3 is 0 Å². The highest BCUT2D eigenvalue weighted by atomic mass is 35.5. The molecular weight excluding hydrogens is 252 g/mol. The molecule has 0 spiro atoms. The maximum atomic E-state index is 11.6. The van der Waals surface area contributed by atoms with Crippen molar-refractivity contribution in [3.8, 4) is 5.75 Å². The predicted molar refractivity (Wildman–Crippen MR) is 71.0 cm³/mol. The van der Waals surface area contributed by atoms with Gasteiger partial charge in [0.05, 0.1) is 13.0 Å². The largest absolute Gasteiger partial charge is 0.489 e. The van der Waals surface area contributed by atoms with E-state index in [1.807, 2.05) is 13.8 Å². The molecule has 1 aromatic carbocycles. The van der Waals surface area contributed by atoms with Crippen LogP contribution in [0.1, 0.15) is 20.3 Å². The molecule has 0 aliphatic carbocycles. The number of carbonyl (C=O) groups excluding carboxylic acids is 1. The van der Waals surface area contributed by atoms with Gasteiger partial charge in [-0.3, -0.25) is 4.79 Å². The Morgan fingerprint density at radius 1 is 1.44 bits per heavy atom. The number of carbonyl (C=O) groups is 1. The zero-order valence-corrected chi connectivity index (χ0v) is 11.1. The summed E-state index contributed by atoms with van der Waals surface area (Å²) in [7, 11) is 0. The minimum absolute atomic E-state index is 0.0269. The number of amides is 1. The second-order valence-corrected chi connectivity index (χ2v) is 4.81. The predicted octanol–water partition coefficient (Wildman–Crippen LogP) is 2.72. The third kappa shape index (κ3) is 3.23. The van der Waals surface area contributed by atoms with Crippen LogP contribution in [0.5, 0.6) is 5.75 Å². The average molecular weight is 267 g/mol. The van der Waals surface area contributed by atoms with Crippen molar-refractivity contribution >= 4 is 23.2 Å². The van der Waals surface area contributed by atoms with Gasteiger partial charge in [0.25, 0.3) is 0 Å². The van der Waals surface area contributed by atoms with Crippen molar-refractivity contribution in [2.24, 2.45) is 5.10 Å². The molecule has 96 valence electrons. The van der Waals surface area contributed by atoms with Crippen LogP contribution >= 0.6 is 11.6 Å². The van der Waals surface area contributed by atoms with Gasteiger partial charge in [-0.15, -0.1) is 0 Å². The number of ether oxygens (including phenoxy) is 1. The van der Waals surface area contributed by atoms with E-state index in [2.05, 4.69) is 5.10 Å². The van der Waals surface area contributed by atoms with Gasteiger partial charge in [-0.1, -0.05) is 11.6 Å². The fraction of sp³-hybridized carbons (Fsp3) is 0.385. The van der Waals surface area contributed by atoms with Crippen LogP contribution in [0.2, 0.25) is 5.02 Å². The minimum atomic E-state index is -0.121. The van der Waals surface area contributed by atoms with E-state index in [-0.39, 0.29) is 12.0 Å². The lowest BCUT2D eigenvalue weighted by Gasteiger charge is -2.19. The lowest BCUT2D eigenvalue weighted by atomic mass is 10.3. The van der Waals surface area contributed by atoms with Gasteiger partial charge in [0, 0.05) is 10.7 Å². The van der Waals surface area contributed by atoms with Crippen molar-refractivity contribution in [1.29, 1.82) is 0 Å². The molecule has 0 saturated heterocycles.